The maximum atomic E-state index is 12.4. The lowest BCUT2D eigenvalue weighted by atomic mass is 10.2. The number of morpholine rings is 1. The van der Waals surface area contributed by atoms with E-state index in [1.165, 1.54) is 11.3 Å². The minimum atomic E-state index is -0.323. The Morgan fingerprint density at radius 3 is 2.71 bits per heavy atom. The number of hydrogen-bond donors (Lipinski definition) is 2. The number of thiazole rings is 1. The Hall–Kier alpha value is -3.09. The van der Waals surface area contributed by atoms with E-state index in [0.29, 0.717) is 43.1 Å². The van der Waals surface area contributed by atoms with Gasteiger partial charge in [-0.2, -0.15) is 0 Å². The first-order valence-electron chi connectivity index (χ1n) is 11.9. The number of nitrogens with zero attached hydrogens (tertiary/aromatic N) is 6. The molecular weight excluding hydrogens is 468 g/mol. The zero-order valence-electron chi connectivity index (χ0n) is 20.6. The number of oxazole rings is 1. The van der Waals surface area contributed by atoms with Crippen molar-refractivity contribution in [2.45, 2.75) is 40.5 Å². The molecule has 0 bridgehead atoms. The van der Waals surface area contributed by atoms with E-state index in [2.05, 4.69) is 42.5 Å². The molecule has 3 aromatic heterocycles. The predicted octanol–water partition coefficient (Wildman–Crippen LogP) is 3.21. The van der Waals surface area contributed by atoms with Crippen molar-refractivity contribution < 1.29 is 13.9 Å². The molecule has 0 saturated carbocycles. The average molecular weight is 501 g/mol. The molecule has 11 nitrogen and oxygen atoms in total. The van der Waals surface area contributed by atoms with Gasteiger partial charge < -0.3 is 14.5 Å². The van der Waals surface area contributed by atoms with Crippen molar-refractivity contribution in [3.05, 3.63) is 35.3 Å². The van der Waals surface area contributed by atoms with E-state index in [9.17, 15) is 4.79 Å². The topological polar surface area (TPSA) is 122 Å². The molecule has 2 N–H and O–H groups in total. The molecule has 1 aliphatic heterocycles. The quantitative estimate of drug-likeness (QED) is 0.456. The average Bonchev–Trinajstić information content (AvgIpc) is 3.46. The molecule has 0 radical (unpaired) electrons. The van der Waals surface area contributed by atoms with Gasteiger partial charge in [-0.3, -0.25) is 10.3 Å². The van der Waals surface area contributed by atoms with E-state index in [-0.39, 0.29) is 6.03 Å². The van der Waals surface area contributed by atoms with Gasteiger partial charge in [0.1, 0.15) is 5.76 Å². The lowest BCUT2D eigenvalue weighted by molar-refractivity contribution is 0.0314. The van der Waals surface area contributed by atoms with Crippen LogP contribution >= 0.6 is 11.3 Å². The Morgan fingerprint density at radius 2 is 2.00 bits per heavy atom. The highest BCUT2D eigenvalue weighted by Gasteiger charge is 2.22. The summed E-state index contributed by atoms with van der Waals surface area (Å²) in [6.45, 7) is 12.1. The van der Waals surface area contributed by atoms with Crippen LogP contribution in [0.4, 0.5) is 15.9 Å². The molecule has 4 heterocycles. The maximum absolute atomic E-state index is 12.4. The van der Waals surface area contributed by atoms with Crippen molar-refractivity contribution in [3.8, 4) is 10.6 Å². The Morgan fingerprint density at radius 1 is 1.20 bits per heavy atom. The molecular formula is C23H32N8O3S. The van der Waals surface area contributed by atoms with Crippen LogP contribution in [0.2, 0.25) is 0 Å². The minimum absolute atomic E-state index is 0.323. The van der Waals surface area contributed by atoms with Gasteiger partial charge in [-0.1, -0.05) is 18.3 Å². The van der Waals surface area contributed by atoms with Crippen LogP contribution in [0.3, 0.4) is 0 Å². The van der Waals surface area contributed by atoms with Gasteiger partial charge in [0.05, 0.1) is 35.7 Å². The molecule has 1 aliphatic rings. The summed E-state index contributed by atoms with van der Waals surface area (Å²) in [5.74, 6) is 2.11. The third-order valence-corrected chi connectivity index (χ3v) is 6.62. The highest BCUT2D eigenvalue weighted by molar-refractivity contribution is 7.19. The van der Waals surface area contributed by atoms with Crippen molar-refractivity contribution in [1.82, 2.24) is 30.3 Å². The van der Waals surface area contributed by atoms with E-state index < -0.39 is 0 Å². The molecule has 0 spiro atoms. The van der Waals surface area contributed by atoms with Crippen LogP contribution in [0.5, 0.6) is 0 Å². The van der Waals surface area contributed by atoms with Gasteiger partial charge in [-0.15, -0.1) is 0 Å². The Balaban J connectivity index is 1.42. The minimum Gasteiger partial charge on any atom is -0.446 e. The first kappa shape index (κ1) is 25.0. The van der Waals surface area contributed by atoms with Crippen molar-refractivity contribution in [1.29, 1.82) is 0 Å². The fourth-order valence-corrected chi connectivity index (χ4v) is 4.71. The SMILES string of the molecule is CCc1cnc(CCNC(=O)Nc2nc(C)c(-c3cc(C)nc(N(CC)N4CCOCC4)n3)s2)o1. The van der Waals surface area contributed by atoms with E-state index in [1.54, 1.807) is 6.20 Å². The lowest BCUT2D eigenvalue weighted by Gasteiger charge is -2.36. The van der Waals surface area contributed by atoms with Crippen LogP contribution in [0.15, 0.2) is 16.7 Å². The maximum Gasteiger partial charge on any atom is 0.321 e. The zero-order chi connectivity index (χ0) is 24.8. The normalized spacial score (nSPS) is 14.2. The highest BCUT2D eigenvalue weighted by atomic mass is 32.1. The molecule has 35 heavy (non-hydrogen) atoms. The molecule has 0 aromatic carbocycles. The number of aryl methyl sites for hydroxylation is 3. The summed E-state index contributed by atoms with van der Waals surface area (Å²) in [4.78, 5) is 31.6. The number of hydrazine groups is 1. The second kappa shape index (κ2) is 11.6. The summed E-state index contributed by atoms with van der Waals surface area (Å²) in [5, 5.41) is 10.5. The second-order valence-electron chi connectivity index (χ2n) is 8.11. The monoisotopic (exact) mass is 500 g/mol. The summed E-state index contributed by atoms with van der Waals surface area (Å²) in [7, 11) is 0. The fraction of sp³-hybridized carbons (Fsp3) is 0.522. The number of aromatic nitrogens is 4. The molecule has 2 amide bonds. The van der Waals surface area contributed by atoms with Crippen molar-refractivity contribution >= 4 is 28.4 Å². The Kier molecular flexibility index (Phi) is 8.26. The van der Waals surface area contributed by atoms with Crippen molar-refractivity contribution in [2.75, 3.05) is 49.7 Å². The number of carbonyl (C=O) groups excluding carboxylic acids is 1. The highest BCUT2D eigenvalue weighted by Crippen LogP contribution is 2.33. The van der Waals surface area contributed by atoms with Crippen molar-refractivity contribution in [2.24, 2.45) is 0 Å². The summed E-state index contributed by atoms with van der Waals surface area (Å²) in [6, 6.07) is 1.62. The summed E-state index contributed by atoms with van der Waals surface area (Å²) in [5.41, 5.74) is 2.46. The van der Waals surface area contributed by atoms with Gasteiger partial charge in [-0.25, -0.2) is 29.7 Å². The van der Waals surface area contributed by atoms with Crippen LogP contribution in [0.25, 0.3) is 10.6 Å². The van der Waals surface area contributed by atoms with Crippen LogP contribution in [-0.4, -0.2) is 70.4 Å². The molecule has 12 heteroatoms. The number of urea groups is 1. The van der Waals surface area contributed by atoms with E-state index in [0.717, 1.165) is 53.8 Å². The van der Waals surface area contributed by atoms with Crippen LogP contribution < -0.4 is 15.6 Å². The number of ether oxygens (including phenoxy) is 1. The van der Waals surface area contributed by atoms with E-state index in [4.69, 9.17) is 14.1 Å². The summed E-state index contributed by atoms with van der Waals surface area (Å²) in [6.07, 6.45) is 3.04. The Labute approximate surface area is 208 Å². The lowest BCUT2D eigenvalue weighted by Crippen LogP contribution is -2.49. The zero-order valence-corrected chi connectivity index (χ0v) is 21.4. The smallest absolute Gasteiger partial charge is 0.321 e. The molecule has 0 unspecified atom stereocenters. The van der Waals surface area contributed by atoms with Gasteiger partial charge in [0.25, 0.3) is 0 Å². The summed E-state index contributed by atoms with van der Waals surface area (Å²) < 4.78 is 11.1. The van der Waals surface area contributed by atoms with Gasteiger partial charge in [0, 0.05) is 44.7 Å². The van der Waals surface area contributed by atoms with Crippen LogP contribution in [0.1, 0.15) is 36.9 Å². The predicted molar refractivity (Wildman–Crippen MR) is 135 cm³/mol. The van der Waals surface area contributed by atoms with E-state index in [1.807, 2.05) is 26.8 Å². The first-order valence-corrected chi connectivity index (χ1v) is 12.7. The largest absolute Gasteiger partial charge is 0.446 e. The van der Waals surface area contributed by atoms with Crippen molar-refractivity contribution in [3.63, 3.8) is 0 Å². The molecule has 3 aromatic rings. The molecule has 1 fully saturated rings. The van der Waals surface area contributed by atoms with Gasteiger partial charge in [0.2, 0.25) is 5.95 Å². The molecule has 1 saturated heterocycles. The Bertz CT molecular complexity index is 1140. The summed E-state index contributed by atoms with van der Waals surface area (Å²) >= 11 is 1.39. The number of nitrogens with one attached hydrogen (secondary N) is 2. The third kappa shape index (κ3) is 6.32. The molecule has 188 valence electrons. The standard InChI is InChI=1S/C23H32N8O3S/c1-5-17-14-25-19(34-17)7-8-24-22(32)29-23-27-16(4)20(35-23)18-13-15(3)26-21(28-18)31(6-2)30-9-11-33-12-10-30/h13-14H,5-12H2,1-4H3,(H2,24,27,29,32). The van der Waals surface area contributed by atoms with Crippen LogP contribution in [-0.2, 0) is 17.6 Å². The van der Waals surface area contributed by atoms with Crippen LogP contribution in [0, 0.1) is 13.8 Å². The number of amides is 2. The number of hydrogen-bond acceptors (Lipinski definition) is 10. The van der Waals surface area contributed by atoms with Gasteiger partial charge in [-0.05, 0) is 26.8 Å². The van der Waals surface area contributed by atoms with Gasteiger partial charge >= 0.3 is 6.03 Å². The van der Waals surface area contributed by atoms with Gasteiger partial charge in [0.15, 0.2) is 11.0 Å². The first-order chi connectivity index (χ1) is 17.0. The number of carbonyl (C=O) groups is 1. The number of rotatable bonds is 9. The third-order valence-electron chi connectivity index (χ3n) is 5.53. The number of anilines is 2. The molecule has 4 rings (SSSR count). The fourth-order valence-electron chi connectivity index (χ4n) is 3.79. The van der Waals surface area contributed by atoms with E-state index >= 15 is 0 Å². The second-order valence-corrected chi connectivity index (χ2v) is 9.11. The molecule has 0 aliphatic carbocycles. The molecule has 0 atom stereocenters.